The topological polar surface area (TPSA) is 18.5 Å². The lowest BCUT2D eigenvalue weighted by Gasteiger charge is -2.04. The molecule has 0 aromatic heterocycles. The molecule has 0 N–H and O–H groups in total. The molecule has 3 heteroatoms. The van der Waals surface area contributed by atoms with Crippen LogP contribution in [0.4, 0.5) is 4.39 Å². The molecule has 50 valence electrons. The first-order valence-corrected chi connectivity index (χ1v) is 2.59. The summed E-state index contributed by atoms with van der Waals surface area (Å²) in [6.45, 7) is 0.771. The molecule has 0 radical (unpaired) electrons. The SMILES string of the molecule is CCCOC(F)OC. The van der Waals surface area contributed by atoms with E-state index >= 15 is 0 Å². The van der Waals surface area contributed by atoms with Crippen LogP contribution in [0.25, 0.3) is 0 Å². The Morgan fingerprint density at radius 3 is 2.62 bits per heavy atom. The zero-order valence-electron chi connectivity index (χ0n) is 5.19. The highest BCUT2D eigenvalue weighted by molar-refractivity contribution is 4.21. The van der Waals surface area contributed by atoms with E-state index in [0.717, 1.165) is 6.42 Å². The number of halogens is 1. The minimum atomic E-state index is -1.55. The summed E-state index contributed by atoms with van der Waals surface area (Å²) in [5.74, 6) is 0. The number of rotatable bonds is 4. The second-order valence-electron chi connectivity index (χ2n) is 1.38. The van der Waals surface area contributed by atoms with E-state index in [0.29, 0.717) is 6.61 Å². The number of hydrogen-bond donors (Lipinski definition) is 0. The molecule has 0 rings (SSSR count). The lowest BCUT2D eigenvalue weighted by Crippen LogP contribution is -2.08. The molecule has 0 amide bonds. The van der Waals surface area contributed by atoms with E-state index in [-0.39, 0.29) is 0 Å². The van der Waals surface area contributed by atoms with Crippen LogP contribution < -0.4 is 0 Å². The van der Waals surface area contributed by atoms with Gasteiger partial charge in [-0.15, -0.1) is 0 Å². The van der Waals surface area contributed by atoms with Crippen LogP contribution in [-0.2, 0) is 9.47 Å². The maximum Gasteiger partial charge on any atom is 0.309 e. The van der Waals surface area contributed by atoms with Crippen LogP contribution in [-0.4, -0.2) is 20.3 Å². The van der Waals surface area contributed by atoms with Gasteiger partial charge in [-0.25, -0.2) is 0 Å². The van der Waals surface area contributed by atoms with Gasteiger partial charge in [0.25, 0.3) is 0 Å². The van der Waals surface area contributed by atoms with E-state index in [1.54, 1.807) is 0 Å². The maximum atomic E-state index is 11.9. The Bertz CT molecular complexity index is 49.7. The predicted molar refractivity (Wildman–Crippen MR) is 28.1 cm³/mol. The number of methoxy groups -OCH3 is 1. The van der Waals surface area contributed by atoms with Crippen molar-refractivity contribution in [3.8, 4) is 0 Å². The van der Waals surface area contributed by atoms with Gasteiger partial charge in [-0.05, 0) is 6.42 Å². The molecule has 0 aliphatic heterocycles. The van der Waals surface area contributed by atoms with E-state index in [2.05, 4.69) is 9.47 Å². The van der Waals surface area contributed by atoms with Gasteiger partial charge in [0.05, 0.1) is 6.61 Å². The van der Waals surface area contributed by atoms with E-state index in [9.17, 15) is 4.39 Å². The van der Waals surface area contributed by atoms with Crippen LogP contribution in [0.3, 0.4) is 0 Å². The quantitative estimate of drug-likeness (QED) is 0.523. The fraction of sp³-hybridized carbons (Fsp3) is 1.00. The second kappa shape index (κ2) is 5.00. The van der Waals surface area contributed by atoms with Gasteiger partial charge in [-0.2, -0.15) is 4.39 Å². The average Bonchev–Trinajstić information content (AvgIpc) is 1.83. The zero-order chi connectivity index (χ0) is 6.41. The van der Waals surface area contributed by atoms with Crippen molar-refractivity contribution in [1.29, 1.82) is 0 Å². The van der Waals surface area contributed by atoms with Gasteiger partial charge in [0.2, 0.25) is 0 Å². The highest BCUT2D eigenvalue weighted by Crippen LogP contribution is 1.93. The molecule has 8 heavy (non-hydrogen) atoms. The molecule has 0 spiro atoms. The summed E-state index contributed by atoms with van der Waals surface area (Å²) >= 11 is 0. The van der Waals surface area contributed by atoms with Gasteiger partial charge in [0.15, 0.2) is 0 Å². The molecule has 0 saturated heterocycles. The van der Waals surface area contributed by atoms with Crippen LogP contribution in [0, 0.1) is 0 Å². The van der Waals surface area contributed by atoms with E-state index in [1.807, 2.05) is 6.92 Å². The smallest absolute Gasteiger partial charge is 0.309 e. The average molecular weight is 122 g/mol. The van der Waals surface area contributed by atoms with Crippen molar-refractivity contribution in [3.05, 3.63) is 0 Å². The van der Waals surface area contributed by atoms with Crippen LogP contribution in [0.2, 0.25) is 0 Å². The fourth-order valence-corrected chi connectivity index (χ4v) is 0.279. The first-order chi connectivity index (χ1) is 3.81. The van der Waals surface area contributed by atoms with Crippen molar-refractivity contribution in [2.45, 2.75) is 19.9 Å². The molecular formula is C5H11FO2. The first-order valence-electron chi connectivity index (χ1n) is 2.59. The minimum absolute atomic E-state index is 0.412. The van der Waals surface area contributed by atoms with Gasteiger partial charge in [0.1, 0.15) is 0 Å². The Balaban J connectivity index is 2.86. The molecule has 0 aromatic carbocycles. The van der Waals surface area contributed by atoms with Crippen molar-refractivity contribution in [2.24, 2.45) is 0 Å². The van der Waals surface area contributed by atoms with Gasteiger partial charge in [-0.3, -0.25) is 0 Å². The summed E-state index contributed by atoms with van der Waals surface area (Å²) in [5, 5.41) is 0. The van der Waals surface area contributed by atoms with Crippen molar-refractivity contribution >= 4 is 0 Å². The third kappa shape index (κ3) is 4.02. The third-order valence-corrected chi connectivity index (χ3v) is 0.638. The van der Waals surface area contributed by atoms with Crippen LogP contribution in [0.1, 0.15) is 13.3 Å². The molecule has 0 saturated carbocycles. The van der Waals surface area contributed by atoms with Gasteiger partial charge < -0.3 is 9.47 Å². The molecule has 0 aliphatic rings. The lowest BCUT2D eigenvalue weighted by molar-refractivity contribution is -0.202. The molecule has 0 fully saturated rings. The second-order valence-corrected chi connectivity index (χ2v) is 1.38. The maximum absolute atomic E-state index is 11.9. The minimum Gasteiger partial charge on any atom is -0.330 e. The Labute approximate surface area is 48.6 Å². The van der Waals surface area contributed by atoms with Gasteiger partial charge in [-0.1, -0.05) is 6.92 Å². The summed E-state index contributed by atoms with van der Waals surface area (Å²) < 4.78 is 20.5. The molecule has 1 unspecified atom stereocenters. The first kappa shape index (κ1) is 7.85. The molecule has 1 atom stereocenters. The van der Waals surface area contributed by atoms with Crippen molar-refractivity contribution < 1.29 is 13.9 Å². The van der Waals surface area contributed by atoms with Gasteiger partial charge in [0, 0.05) is 7.11 Å². The summed E-state index contributed by atoms with van der Waals surface area (Å²) in [4.78, 5) is 0. The van der Waals surface area contributed by atoms with E-state index in [1.165, 1.54) is 7.11 Å². The lowest BCUT2D eigenvalue weighted by atomic mass is 10.5. The third-order valence-electron chi connectivity index (χ3n) is 0.638. The Hall–Kier alpha value is -0.150. The normalized spacial score (nSPS) is 13.9. The van der Waals surface area contributed by atoms with Crippen LogP contribution in [0.15, 0.2) is 0 Å². The monoisotopic (exact) mass is 122 g/mol. The fourth-order valence-electron chi connectivity index (χ4n) is 0.279. The van der Waals surface area contributed by atoms with Crippen molar-refractivity contribution in [1.82, 2.24) is 0 Å². The Morgan fingerprint density at radius 2 is 2.25 bits per heavy atom. The molecular weight excluding hydrogens is 111 g/mol. The Morgan fingerprint density at radius 1 is 1.62 bits per heavy atom. The molecule has 0 heterocycles. The summed E-state index contributed by atoms with van der Waals surface area (Å²) in [6, 6.07) is 0. The molecule has 0 aliphatic carbocycles. The number of alkyl halides is 1. The molecule has 0 aromatic rings. The predicted octanol–water partition coefficient (Wildman–Crippen LogP) is 1.31. The standard InChI is InChI=1S/C5H11FO2/c1-3-4-8-5(6)7-2/h5H,3-4H2,1-2H3. The van der Waals surface area contributed by atoms with E-state index in [4.69, 9.17) is 0 Å². The largest absolute Gasteiger partial charge is 0.330 e. The van der Waals surface area contributed by atoms with Crippen molar-refractivity contribution in [3.63, 3.8) is 0 Å². The van der Waals surface area contributed by atoms with Gasteiger partial charge >= 0.3 is 6.54 Å². The molecule has 2 nitrogen and oxygen atoms in total. The summed E-state index contributed by atoms with van der Waals surface area (Å²) in [5.41, 5.74) is 0. The highest BCUT2D eigenvalue weighted by atomic mass is 19.2. The summed E-state index contributed by atoms with van der Waals surface area (Å²) in [6.07, 6.45) is 0.809. The summed E-state index contributed by atoms with van der Waals surface area (Å²) in [7, 11) is 1.26. The van der Waals surface area contributed by atoms with E-state index < -0.39 is 6.54 Å². The number of ether oxygens (including phenoxy) is 2. The zero-order valence-corrected chi connectivity index (χ0v) is 5.19. The van der Waals surface area contributed by atoms with Crippen LogP contribution >= 0.6 is 0 Å². The van der Waals surface area contributed by atoms with Crippen molar-refractivity contribution in [2.75, 3.05) is 13.7 Å². The van der Waals surface area contributed by atoms with Crippen LogP contribution in [0.5, 0.6) is 0 Å². The Kier molecular flexibility index (Phi) is 4.90. The number of hydrogen-bond acceptors (Lipinski definition) is 2. The molecule has 0 bridgehead atoms. The highest BCUT2D eigenvalue weighted by Gasteiger charge is 1.99.